The van der Waals surface area contributed by atoms with Crippen molar-refractivity contribution in [2.45, 2.75) is 13.5 Å². The number of aryl methyl sites for hydroxylation is 1. The second-order valence-corrected chi connectivity index (χ2v) is 7.99. The smallest absolute Gasteiger partial charge is 0.295 e. The summed E-state index contributed by atoms with van der Waals surface area (Å²) in [6, 6.07) is 15.5. The van der Waals surface area contributed by atoms with Crippen LogP contribution in [0.1, 0.15) is 21.7 Å². The number of benzene rings is 2. The van der Waals surface area contributed by atoms with Crippen LogP contribution in [0.5, 0.6) is 0 Å². The molecule has 3 heterocycles. The van der Waals surface area contributed by atoms with Gasteiger partial charge in [-0.3, -0.25) is 14.5 Å². The van der Waals surface area contributed by atoms with E-state index in [1.807, 2.05) is 55.5 Å². The topological polar surface area (TPSA) is 100 Å². The molecule has 0 saturated carbocycles. The molecular weight excluding hydrogens is 406 g/mol. The van der Waals surface area contributed by atoms with Crippen molar-refractivity contribution in [1.82, 2.24) is 35.0 Å². The molecule has 9 heteroatoms. The van der Waals surface area contributed by atoms with E-state index < -0.39 is 11.7 Å². The summed E-state index contributed by atoms with van der Waals surface area (Å²) in [6.45, 7) is 4.87. The van der Waals surface area contributed by atoms with Crippen molar-refractivity contribution in [3.8, 4) is 5.69 Å². The summed E-state index contributed by atoms with van der Waals surface area (Å²) in [5, 5.41) is 12.9. The molecule has 2 aromatic heterocycles. The molecule has 1 aliphatic heterocycles. The second kappa shape index (κ2) is 8.35. The number of nitrogens with zero attached hydrogens (tertiary/aromatic N) is 6. The molecule has 0 spiro atoms. The van der Waals surface area contributed by atoms with Crippen molar-refractivity contribution >= 4 is 22.6 Å². The predicted octanol–water partition coefficient (Wildman–Crippen LogP) is 1.98. The molecule has 0 atom stereocenters. The number of aromatic amines is 1. The lowest BCUT2D eigenvalue weighted by Gasteiger charge is -2.33. The van der Waals surface area contributed by atoms with Crippen LogP contribution in [0.25, 0.3) is 16.6 Å². The van der Waals surface area contributed by atoms with Crippen LogP contribution in [0.15, 0.2) is 54.7 Å². The Morgan fingerprint density at radius 2 is 1.75 bits per heavy atom. The first kappa shape index (κ1) is 20.1. The van der Waals surface area contributed by atoms with Crippen LogP contribution in [0.2, 0.25) is 0 Å². The highest BCUT2D eigenvalue weighted by atomic mass is 16.2. The zero-order valence-corrected chi connectivity index (χ0v) is 17.7. The number of carbonyl (C=O) groups is 2. The number of ketones is 1. The lowest BCUT2D eigenvalue weighted by atomic mass is 10.1. The highest BCUT2D eigenvalue weighted by Crippen LogP contribution is 2.19. The van der Waals surface area contributed by atoms with E-state index in [0.717, 1.165) is 22.4 Å². The number of aromatic nitrogens is 5. The van der Waals surface area contributed by atoms with Crippen LogP contribution in [-0.4, -0.2) is 72.9 Å². The monoisotopic (exact) mass is 429 g/mol. The molecule has 162 valence electrons. The molecule has 1 N–H and O–H groups in total. The zero-order valence-electron chi connectivity index (χ0n) is 17.7. The van der Waals surface area contributed by atoms with Crippen LogP contribution < -0.4 is 0 Å². The fourth-order valence-corrected chi connectivity index (χ4v) is 4.02. The number of para-hydroxylation sites is 1. The van der Waals surface area contributed by atoms with Crippen LogP contribution in [-0.2, 0) is 11.3 Å². The van der Waals surface area contributed by atoms with Crippen molar-refractivity contribution in [3.05, 3.63) is 71.7 Å². The fraction of sp³-hybridized carbons (Fsp3) is 0.261. The van der Waals surface area contributed by atoms with Gasteiger partial charge in [0.2, 0.25) is 0 Å². The molecule has 4 aromatic rings. The van der Waals surface area contributed by atoms with E-state index in [1.165, 1.54) is 5.56 Å². The van der Waals surface area contributed by atoms with Gasteiger partial charge in [0.1, 0.15) is 0 Å². The van der Waals surface area contributed by atoms with Gasteiger partial charge in [0.25, 0.3) is 11.7 Å². The SMILES string of the molecule is Cc1ccc(-n2nnnc2CN2CCN(C(=O)C(=O)c3c[nH]c4ccccc34)CC2)cc1. The van der Waals surface area contributed by atoms with Crippen LogP contribution in [0.4, 0.5) is 0 Å². The van der Waals surface area contributed by atoms with Gasteiger partial charge in [-0.1, -0.05) is 35.9 Å². The van der Waals surface area contributed by atoms with E-state index in [-0.39, 0.29) is 0 Å². The molecule has 32 heavy (non-hydrogen) atoms. The molecule has 0 bridgehead atoms. The van der Waals surface area contributed by atoms with Crippen LogP contribution >= 0.6 is 0 Å². The summed E-state index contributed by atoms with van der Waals surface area (Å²) in [5.74, 6) is -0.193. The Balaban J connectivity index is 1.22. The van der Waals surface area contributed by atoms with E-state index in [4.69, 9.17) is 0 Å². The predicted molar refractivity (Wildman–Crippen MR) is 118 cm³/mol. The molecular formula is C23H23N7O2. The van der Waals surface area contributed by atoms with Gasteiger partial charge < -0.3 is 9.88 Å². The summed E-state index contributed by atoms with van der Waals surface area (Å²) in [4.78, 5) is 32.5. The van der Waals surface area contributed by atoms with Gasteiger partial charge in [-0.2, -0.15) is 4.68 Å². The molecule has 1 aliphatic rings. The number of fused-ring (bicyclic) bond motifs is 1. The normalized spacial score (nSPS) is 14.7. The van der Waals surface area contributed by atoms with Crippen molar-refractivity contribution in [2.24, 2.45) is 0 Å². The van der Waals surface area contributed by atoms with Gasteiger partial charge in [-0.25, -0.2) is 0 Å². The number of Topliss-reactive ketones (excluding diaryl/α,β-unsaturated/α-hetero) is 1. The minimum atomic E-state index is -0.473. The first-order chi connectivity index (χ1) is 15.6. The number of amides is 1. The Hall–Kier alpha value is -3.85. The first-order valence-corrected chi connectivity index (χ1v) is 10.6. The van der Waals surface area contributed by atoms with Gasteiger partial charge >= 0.3 is 0 Å². The third-order valence-electron chi connectivity index (χ3n) is 5.87. The molecule has 1 amide bonds. The number of hydrogen-bond donors (Lipinski definition) is 1. The third-order valence-corrected chi connectivity index (χ3v) is 5.87. The largest absolute Gasteiger partial charge is 0.360 e. The zero-order chi connectivity index (χ0) is 22.1. The maximum atomic E-state index is 12.8. The van der Waals surface area contributed by atoms with Gasteiger partial charge in [-0.15, -0.1) is 5.10 Å². The standard InChI is InChI=1S/C23H23N7O2/c1-16-6-8-17(9-7-16)30-21(25-26-27-30)15-28-10-12-29(13-11-28)23(32)22(31)19-14-24-20-5-3-2-4-18(19)20/h2-9,14,24H,10-13,15H2,1H3. The molecule has 0 aliphatic carbocycles. The van der Waals surface area contributed by atoms with Gasteiger partial charge in [-0.05, 0) is 35.5 Å². The number of tetrazole rings is 1. The summed E-state index contributed by atoms with van der Waals surface area (Å²) in [5.41, 5.74) is 3.35. The van der Waals surface area contributed by atoms with Crippen molar-refractivity contribution in [1.29, 1.82) is 0 Å². The molecule has 1 saturated heterocycles. The highest BCUT2D eigenvalue weighted by molar-refractivity contribution is 6.44. The number of hydrogen-bond acceptors (Lipinski definition) is 6. The highest BCUT2D eigenvalue weighted by Gasteiger charge is 2.28. The van der Waals surface area contributed by atoms with Gasteiger partial charge in [0, 0.05) is 43.3 Å². The van der Waals surface area contributed by atoms with Crippen molar-refractivity contribution < 1.29 is 9.59 Å². The number of piperazine rings is 1. The Morgan fingerprint density at radius 1 is 1.00 bits per heavy atom. The molecule has 0 radical (unpaired) electrons. The van der Waals surface area contributed by atoms with E-state index in [1.54, 1.807) is 15.8 Å². The Bertz CT molecular complexity index is 1270. The summed E-state index contributed by atoms with van der Waals surface area (Å²) >= 11 is 0. The Morgan fingerprint density at radius 3 is 2.53 bits per heavy atom. The Labute approximate surface area is 184 Å². The van der Waals surface area contributed by atoms with Crippen molar-refractivity contribution in [2.75, 3.05) is 26.2 Å². The minimum absolute atomic E-state index is 0.422. The van der Waals surface area contributed by atoms with Gasteiger partial charge in [0.15, 0.2) is 5.82 Å². The molecule has 0 unspecified atom stereocenters. The molecule has 1 fully saturated rings. The van der Waals surface area contributed by atoms with Crippen molar-refractivity contribution in [3.63, 3.8) is 0 Å². The first-order valence-electron chi connectivity index (χ1n) is 10.6. The minimum Gasteiger partial charge on any atom is -0.360 e. The lowest BCUT2D eigenvalue weighted by molar-refractivity contribution is -0.128. The van der Waals surface area contributed by atoms with E-state index in [2.05, 4.69) is 25.4 Å². The maximum Gasteiger partial charge on any atom is 0.295 e. The van der Waals surface area contributed by atoms with E-state index >= 15 is 0 Å². The average Bonchev–Trinajstić information content (AvgIpc) is 3.46. The quantitative estimate of drug-likeness (QED) is 0.385. The van der Waals surface area contributed by atoms with Crippen LogP contribution in [0, 0.1) is 6.92 Å². The number of nitrogens with one attached hydrogen (secondary N) is 1. The summed E-state index contributed by atoms with van der Waals surface area (Å²) in [7, 11) is 0. The summed E-state index contributed by atoms with van der Waals surface area (Å²) < 4.78 is 1.73. The summed E-state index contributed by atoms with van der Waals surface area (Å²) in [6.07, 6.45) is 1.62. The average molecular weight is 429 g/mol. The number of H-pyrrole nitrogens is 1. The van der Waals surface area contributed by atoms with Crippen LogP contribution in [0.3, 0.4) is 0 Å². The second-order valence-electron chi connectivity index (χ2n) is 7.99. The number of carbonyl (C=O) groups excluding carboxylic acids is 2. The number of rotatable bonds is 5. The lowest BCUT2D eigenvalue weighted by Crippen LogP contribution is -2.50. The van der Waals surface area contributed by atoms with E-state index in [0.29, 0.717) is 38.3 Å². The molecule has 5 rings (SSSR count). The Kier molecular flexibility index (Phi) is 5.24. The fourth-order valence-electron chi connectivity index (χ4n) is 4.02. The third kappa shape index (κ3) is 3.78. The molecule has 9 nitrogen and oxygen atoms in total. The van der Waals surface area contributed by atoms with E-state index in [9.17, 15) is 9.59 Å². The molecule has 2 aromatic carbocycles. The maximum absolute atomic E-state index is 12.8. The van der Waals surface area contributed by atoms with Gasteiger partial charge in [0.05, 0.1) is 17.8 Å².